The summed E-state index contributed by atoms with van der Waals surface area (Å²) in [5.74, 6) is 2.48. The van der Waals surface area contributed by atoms with Crippen LogP contribution in [0.5, 0.6) is 0 Å². The minimum absolute atomic E-state index is 0.0536. The summed E-state index contributed by atoms with van der Waals surface area (Å²) in [5.41, 5.74) is 0.478. The molecule has 0 heterocycles. The van der Waals surface area contributed by atoms with Crippen LogP contribution < -0.4 is 5.32 Å². The average molecular weight is 478 g/mol. The summed E-state index contributed by atoms with van der Waals surface area (Å²) in [6.45, 7) is 9.25. The van der Waals surface area contributed by atoms with Crippen molar-refractivity contribution in [2.24, 2.45) is 46.3 Å². The molecule has 0 aromatic rings. The number of esters is 1. The van der Waals surface area contributed by atoms with E-state index in [0.29, 0.717) is 48.5 Å². The van der Waals surface area contributed by atoms with Crippen LogP contribution in [0, 0.1) is 46.3 Å². The molecule has 4 saturated carbocycles. The molecule has 4 fully saturated rings. The fraction of sp³-hybridized carbons (Fsp3) is 0.929. The van der Waals surface area contributed by atoms with Crippen molar-refractivity contribution in [2.75, 3.05) is 13.2 Å². The second-order valence-electron chi connectivity index (χ2n) is 12.6. The number of aliphatic hydroxyl groups is 2. The van der Waals surface area contributed by atoms with Crippen molar-refractivity contribution in [2.45, 2.75) is 104 Å². The van der Waals surface area contributed by atoms with Crippen LogP contribution in [0.1, 0.15) is 91.9 Å². The van der Waals surface area contributed by atoms with E-state index in [1.54, 1.807) is 6.92 Å². The largest absolute Gasteiger partial charge is 0.465 e. The molecule has 34 heavy (non-hydrogen) atoms. The quantitative estimate of drug-likeness (QED) is 0.480. The third kappa shape index (κ3) is 4.66. The van der Waals surface area contributed by atoms with Crippen LogP contribution >= 0.6 is 0 Å². The lowest BCUT2D eigenvalue weighted by molar-refractivity contribution is -0.174. The Hall–Kier alpha value is -1.14. The van der Waals surface area contributed by atoms with Gasteiger partial charge in [0.2, 0.25) is 5.91 Å². The molecule has 0 aliphatic heterocycles. The number of aliphatic hydroxyl groups excluding tert-OH is 2. The molecule has 4 aliphatic rings. The lowest BCUT2D eigenvalue weighted by Gasteiger charge is -2.62. The number of nitrogens with one attached hydrogen (secondary N) is 1. The molecule has 3 N–H and O–H groups in total. The summed E-state index contributed by atoms with van der Waals surface area (Å²) in [6, 6.07) is 0. The topological polar surface area (TPSA) is 95.9 Å². The van der Waals surface area contributed by atoms with Gasteiger partial charge in [0.1, 0.15) is 6.54 Å². The Kier molecular flexibility index (Phi) is 7.69. The maximum absolute atomic E-state index is 12.3. The number of amides is 1. The molecule has 0 spiro atoms. The van der Waals surface area contributed by atoms with Crippen LogP contribution in [0.4, 0.5) is 0 Å². The van der Waals surface area contributed by atoms with Gasteiger partial charge < -0.3 is 20.3 Å². The van der Waals surface area contributed by atoms with Crippen molar-refractivity contribution >= 4 is 11.9 Å². The van der Waals surface area contributed by atoms with E-state index >= 15 is 0 Å². The van der Waals surface area contributed by atoms with Gasteiger partial charge in [0, 0.05) is 6.42 Å². The first-order valence-corrected chi connectivity index (χ1v) is 13.9. The molecule has 0 saturated heterocycles. The number of carbonyl (C=O) groups is 2. The van der Waals surface area contributed by atoms with Crippen LogP contribution in [-0.2, 0) is 14.3 Å². The minimum Gasteiger partial charge on any atom is -0.465 e. The van der Waals surface area contributed by atoms with Crippen molar-refractivity contribution in [3.05, 3.63) is 0 Å². The average Bonchev–Trinajstić information content (AvgIpc) is 3.14. The van der Waals surface area contributed by atoms with E-state index in [1.807, 2.05) is 0 Å². The van der Waals surface area contributed by atoms with Gasteiger partial charge in [-0.1, -0.05) is 20.8 Å². The van der Waals surface area contributed by atoms with E-state index in [2.05, 4.69) is 26.1 Å². The van der Waals surface area contributed by atoms with E-state index in [0.717, 1.165) is 32.1 Å². The highest BCUT2D eigenvalue weighted by molar-refractivity contribution is 5.81. The lowest BCUT2D eigenvalue weighted by atomic mass is 9.43. The summed E-state index contributed by atoms with van der Waals surface area (Å²) < 4.78 is 4.88. The summed E-state index contributed by atoms with van der Waals surface area (Å²) in [6.07, 6.45) is 9.29. The molecular formula is C28H47NO5. The number of ether oxygens (including phenoxy) is 1. The van der Waals surface area contributed by atoms with E-state index in [4.69, 9.17) is 4.74 Å². The monoisotopic (exact) mass is 477 g/mol. The van der Waals surface area contributed by atoms with E-state index < -0.39 is 0 Å². The van der Waals surface area contributed by atoms with Crippen LogP contribution in [0.15, 0.2) is 0 Å². The first-order valence-electron chi connectivity index (χ1n) is 13.9. The Balaban J connectivity index is 1.38. The van der Waals surface area contributed by atoms with Crippen molar-refractivity contribution in [3.8, 4) is 0 Å². The maximum atomic E-state index is 12.3. The molecule has 0 unspecified atom stereocenters. The SMILES string of the molecule is CCOC(=O)CNC(=O)CC[C@@H](C)[C@H]1CC[C@H]2[C@@H]3[C@H](O)C[C@@H]4C[C@H](O)CC[C@]4(C)[C@H]3CC[C@]12C. The van der Waals surface area contributed by atoms with Crippen molar-refractivity contribution < 1.29 is 24.5 Å². The standard InChI is InChI=1S/C28H47NO5/c1-5-34-25(33)16-29-24(32)9-6-17(2)20-7-8-21-26-22(11-13-28(20,21)4)27(3)12-10-19(30)14-18(27)15-23(26)31/h17-23,26,30-31H,5-16H2,1-4H3,(H,29,32)/t17-,18+,19-,20-,21+,22+,23-,26+,27+,28-/m1/s1. The Bertz CT molecular complexity index is 757. The van der Waals surface area contributed by atoms with Gasteiger partial charge in [0.05, 0.1) is 18.8 Å². The van der Waals surface area contributed by atoms with Crippen LogP contribution in [0.3, 0.4) is 0 Å². The zero-order valence-corrected chi connectivity index (χ0v) is 21.7. The normalized spacial score (nSPS) is 44.4. The van der Waals surface area contributed by atoms with E-state index in [-0.39, 0.29) is 41.5 Å². The second-order valence-corrected chi connectivity index (χ2v) is 12.6. The van der Waals surface area contributed by atoms with Crippen molar-refractivity contribution in [1.82, 2.24) is 5.32 Å². The van der Waals surface area contributed by atoms with Gasteiger partial charge in [-0.3, -0.25) is 9.59 Å². The molecule has 4 rings (SSSR count). The molecule has 6 heteroatoms. The van der Waals surface area contributed by atoms with Crippen LogP contribution in [0.25, 0.3) is 0 Å². The first kappa shape index (κ1) is 25.9. The van der Waals surface area contributed by atoms with Crippen molar-refractivity contribution in [1.29, 1.82) is 0 Å². The van der Waals surface area contributed by atoms with Gasteiger partial charge >= 0.3 is 5.97 Å². The lowest BCUT2D eigenvalue weighted by Crippen LogP contribution is -2.58. The molecule has 0 aromatic heterocycles. The van der Waals surface area contributed by atoms with Crippen molar-refractivity contribution in [3.63, 3.8) is 0 Å². The molecule has 4 aliphatic carbocycles. The Morgan fingerprint density at radius 2 is 1.74 bits per heavy atom. The van der Waals surface area contributed by atoms with Crippen LogP contribution in [-0.4, -0.2) is 47.4 Å². The molecule has 0 aromatic carbocycles. The van der Waals surface area contributed by atoms with E-state index in [1.165, 1.54) is 25.7 Å². The highest BCUT2D eigenvalue weighted by atomic mass is 16.5. The Morgan fingerprint density at radius 3 is 2.47 bits per heavy atom. The zero-order chi connectivity index (χ0) is 24.7. The molecule has 0 radical (unpaired) electrons. The fourth-order valence-electron chi connectivity index (χ4n) is 9.21. The highest BCUT2D eigenvalue weighted by Gasteiger charge is 2.62. The minimum atomic E-state index is -0.388. The number of carbonyl (C=O) groups excluding carboxylic acids is 2. The van der Waals surface area contributed by atoms with E-state index in [9.17, 15) is 19.8 Å². The summed E-state index contributed by atoms with van der Waals surface area (Å²) in [5, 5.41) is 24.3. The Labute approximate surface area is 205 Å². The van der Waals surface area contributed by atoms with Gasteiger partial charge in [-0.15, -0.1) is 0 Å². The third-order valence-corrected chi connectivity index (χ3v) is 11.0. The molecule has 1 amide bonds. The van der Waals surface area contributed by atoms with Gasteiger partial charge in [-0.05, 0) is 111 Å². The van der Waals surface area contributed by atoms with Gasteiger partial charge in [0.25, 0.3) is 0 Å². The molecule has 10 atom stereocenters. The molecule has 194 valence electrons. The predicted molar refractivity (Wildman–Crippen MR) is 131 cm³/mol. The number of hydrogen-bond acceptors (Lipinski definition) is 5. The third-order valence-electron chi connectivity index (χ3n) is 11.0. The molecular weight excluding hydrogens is 430 g/mol. The predicted octanol–water partition coefficient (Wildman–Crippen LogP) is 4.07. The van der Waals surface area contributed by atoms with Crippen LogP contribution in [0.2, 0.25) is 0 Å². The van der Waals surface area contributed by atoms with Gasteiger partial charge in [-0.25, -0.2) is 0 Å². The second kappa shape index (κ2) is 10.1. The van der Waals surface area contributed by atoms with Gasteiger partial charge in [0.15, 0.2) is 0 Å². The number of fused-ring (bicyclic) bond motifs is 5. The summed E-state index contributed by atoms with van der Waals surface area (Å²) >= 11 is 0. The maximum Gasteiger partial charge on any atom is 0.325 e. The summed E-state index contributed by atoms with van der Waals surface area (Å²) in [4.78, 5) is 23.8. The van der Waals surface area contributed by atoms with Gasteiger partial charge in [-0.2, -0.15) is 0 Å². The molecule has 0 bridgehead atoms. The fourth-order valence-corrected chi connectivity index (χ4v) is 9.21. The first-order chi connectivity index (χ1) is 16.1. The smallest absolute Gasteiger partial charge is 0.325 e. The molecule has 6 nitrogen and oxygen atoms in total. The zero-order valence-electron chi connectivity index (χ0n) is 21.7. The number of rotatable bonds is 7. The number of hydrogen-bond donors (Lipinski definition) is 3. The Morgan fingerprint density at radius 1 is 1.03 bits per heavy atom. The summed E-state index contributed by atoms with van der Waals surface area (Å²) in [7, 11) is 0. The highest BCUT2D eigenvalue weighted by Crippen LogP contribution is 2.68.